The van der Waals surface area contributed by atoms with Gasteiger partial charge in [0, 0.05) is 10.8 Å². The molecule has 3 N–H and O–H groups in total. The van der Waals surface area contributed by atoms with Gasteiger partial charge in [-0.2, -0.15) is 0 Å². The number of hydrogen-bond donors (Lipinski definition) is 1. The number of hydrogen-bond acceptors (Lipinski definition) is 2. The van der Waals surface area contributed by atoms with Crippen molar-refractivity contribution in [1.82, 2.24) is 6.15 Å². The lowest BCUT2D eigenvalue weighted by molar-refractivity contribution is 1.90. The number of fused-ring (bicyclic) bond motifs is 1. The molecule has 0 spiro atoms. The first kappa shape index (κ1) is 5.98. The Balaban J connectivity index is 0.000000405. The van der Waals surface area contributed by atoms with Gasteiger partial charge in [-0.15, -0.1) is 0 Å². The van der Waals surface area contributed by atoms with Crippen molar-refractivity contribution in [1.29, 1.82) is 0 Å². The van der Waals surface area contributed by atoms with Crippen LogP contribution in [0.1, 0.15) is 0 Å². The van der Waals surface area contributed by atoms with Crippen LogP contribution in [0.15, 0.2) is 29.1 Å². The minimum Gasteiger partial charge on any atom is -0.344 e. The standard InChI is InChI=1S/C7H4O.H3N/c8-7-5-3-1-2-4-6(5)7;/h1-4H;1H3. The third-order valence-electron chi connectivity index (χ3n) is 1.35. The molecule has 0 aliphatic heterocycles. The molecule has 9 heavy (non-hydrogen) atoms. The Bertz CT molecular complexity index is 300. The average Bonchev–Trinajstić information content (AvgIpc) is 2.46. The normalized spacial score (nSPS) is 9.78. The molecule has 0 atom stereocenters. The quantitative estimate of drug-likeness (QED) is 0.570. The second-order valence-corrected chi connectivity index (χ2v) is 1.87. The highest BCUT2D eigenvalue weighted by Crippen LogP contribution is 2.11. The molecule has 0 fully saturated rings. The van der Waals surface area contributed by atoms with Crippen LogP contribution in [0.25, 0.3) is 10.8 Å². The molecule has 0 aliphatic rings. The maximum Gasteiger partial charge on any atom is 0.194 e. The molecule has 2 rings (SSSR count). The number of rotatable bonds is 0. The van der Waals surface area contributed by atoms with E-state index in [1.807, 2.05) is 24.3 Å². The van der Waals surface area contributed by atoms with E-state index >= 15 is 0 Å². The van der Waals surface area contributed by atoms with Gasteiger partial charge < -0.3 is 6.15 Å². The van der Waals surface area contributed by atoms with E-state index in [1.165, 1.54) is 0 Å². The molecular weight excluding hydrogens is 114 g/mol. The van der Waals surface area contributed by atoms with E-state index < -0.39 is 0 Å². The van der Waals surface area contributed by atoms with Crippen molar-refractivity contribution >= 4 is 10.8 Å². The van der Waals surface area contributed by atoms with E-state index in [-0.39, 0.29) is 11.6 Å². The van der Waals surface area contributed by atoms with Crippen molar-refractivity contribution in [2.45, 2.75) is 0 Å². The summed E-state index contributed by atoms with van der Waals surface area (Å²) in [5.41, 5.74) is 0.218. The Hall–Kier alpha value is -1.15. The van der Waals surface area contributed by atoms with Gasteiger partial charge in [0.1, 0.15) is 0 Å². The molecule has 2 aromatic rings. The first-order chi connectivity index (χ1) is 3.89. The van der Waals surface area contributed by atoms with Gasteiger partial charge in [0.05, 0.1) is 0 Å². The highest BCUT2D eigenvalue weighted by atomic mass is 16.1. The van der Waals surface area contributed by atoms with E-state index in [9.17, 15) is 4.79 Å². The third kappa shape index (κ3) is 0.641. The summed E-state index contributed by atoms with van der Waals surface area (Å²) in [6, 6.07) is 7.45. The summed E-state index contributed by atoms with van der Waals surface area (Å²) >= 11 is 0. The Kier molecular flexibility index (Phi) is 1.11. The van der Waals surface area contributed by atoms with Crippen LogP contribution in [0.5, 0.6) is 0 Å². The van der Waals surface area contributed by atoms with Crippen molar-refractivity contribution < 1.29 is 0 Å². The minimum atomic E-state index is 0. The lowest BCUT2D eigenvalue weighted by Crippen LogP contribution is -1.66. The minimum absolute atomic E-state index is 0. The molecule has 2 aromatic carbocycles. The van der Waals surface area contributed by atoms with E-state index in [4.69, 9.17) is 0 Å². The maximum absolute atomic E-state index is 10.5. The zero-order chi connectivity index (χ0) is 5.56. The zero-order valence-corrected chi connectivity index (χ0v) is 4.92. The van der Waals surface area contributed by atoms with E-state index in [0.717, 1.165) is 10.8 Å². The highest BCUT2D eigenvalue weighted by molar-refractivity contribution is 5.96. The molecule has 0 saturated carbocycles. The van der Waals surface area contributed by atoms with Crippen LogP contribution in [-0.4, -0.2) is 0 Å². The predicted molar refractivity (Wildman–Crippen MR) is 37.6 cm³/mol. The molecule has 0 amide bonds. The third-order valence-corrected chi connectivity index (χ3v) is 1.35. The Labute approximate surface area is 52.4 Å². The first-order valence-electron chi connectivity index (χ1n) is 2.53. The molecule has 2 heteroatoms. The summed E-state index contributed by atoms with van der Waals surface area (Å²) in [5.74, 6) is 0. The topological polar surface area (TPSA) is 52.1 Å². The van der Waals surface area contributed by atoms with Crippen LogP contribution in [0.4, 0.5) is 0 Å². The molecule has 2 nitrogen and oxygen atoms in total. The monoisotopic (exact) mass is 121 g/mol. The maximum atomic E-state index is 10.5. The summed E-state index contributed by atoms with van der Waals surface area (Å²) < 4.78 is 0. The van der Waals surface area contributed by atoms with E-state index in [1.54, 1.807) is 0 Å². The number of benzene rings is 1. The lowest BCUT2D eigenvalue weighted by atomic mass is 10.4. The van der Waals surface area contributed by atoms with Crippen LogP contribution < -0.4 is 11.6 Å². The van der Waals surface area contributed by atoms with Gasteiger partial charge in [-0.25, -0.2) is 0 Å². The molecule has 46 valence electrons. The smallest absolute Gasteiger partial charge is 0.194 e. The van der Waals surface area contributed by atoms with Gasteiger partial charge in [0.25, 0.3) is 0 Å². The van der Waals surface area contributed by atoms with Gasteiger partial charge in [-0.3, -0.25) is 4.79 Å². The fraction of sp³-hybridized carbons (Fsp3) is 0. The van der Waals surface area contributed by atoms with Gasteiger partial charge in [0.15, 0.2) is 5.43 Å². The second-order valence-electron chi connectivity index (χ2n) is 1.87. The summed E-state index contributed by atoms with van der Waals surface area (Å²) in [6.07, 6.45) is 0. The summed E-state index contributed by atoms with van der Waals surface area (Å²) in [6.45, 7) is 0. The largest absolute Gasteiger partial charge is 0.344 e. The Morgan fingerprint density at radius 2 is 1.44 bits per heavy atom. The van der Waals surface area contributed by atoms with Gasteiger partial charge in [-0.05, 0) is 0 Å². The Morgan fingerprint density at radius 3 is 1.78 bits per heavy atom. The fourth-order valence-electron chi connectivity index (χ4n) is 0.833. The first-order valence-corrected chi connectivity index (χ1v) is 2.53. The SMILES string of the molecule is N.O=c1c2ccccc12. The zero-order valence-electron chi connectivity index (χ0n) is 4.92. The van der Waals surface area contributed by atoms with Crippen molar-refractivity contribution in [3.8, 4) is 0 Å². The van der Waals surface area contributed by atoms with Crippen molar-refractivity contribution in [2.75, 3.05) is 0 Å². The molecule has 0 radical (unpaired) electrons. The second kappa shape index (κ2) is 1.67. The highest BCUT2D eigenvalue weighted by Gasteiger charge is 2.07. The van der Waals surface area contributed by atoms with Gasteiger partial charge in [0.2, 0.25) is 0 Å². The molecule has 0 saturated heterocycles. The summed E-state index contributed by atoms with van der Waals surface area (Å²) in [5, 5.41) is 1.79. The van der Waals surface area contributed by atoms with Crippen LogP contribution >= 0.6 is 0 Å². The molecule has 0 aliphatic carbocycles. The van der Waals surface area contributed by atoms with Crippen molar-refractivity contribution in [3.63, 3.8) is 0 Å². The van der Waals surface area contributed by atoms with E-state index in [0.29, 0.717) is 0 Å². The Morgan fingerprint density at radius 1 is 1.00 bits per heavy atom. The van der Waals surface area contributed by atoms with Crippen LogP contribution in [0.3, 0.4) is 0 Å². The van der Waals surface area contributed by atoms with Crippen molar-refractivity contribution in [3.05, 3.63) is 34.5 Å². The lowest BCUT2D eigenvalue weighted by Gasteiger charge is -1.66. The molecule has 0 heterocycles. The van der Waals surface area contributed by atoms with Gasteiger partial charge in [-0.1, -0.05) is 24.3 Å². The van der Waals surface area contributed by atoms with Crippen molar-refractivity contribution in [2.24, 2.45) is 0 Å². The summed E-state index contributed by atoms with van der Waals surface area (Å²) in [7, 11) is 0. The van der Waals surface area contributed by atoms with E-state index in [2.05, 4.69) is 0 Å². The van der Waals surface area contributed by atoms with Gasteiger partial charge >= 0.3 is 0 Å². The molecule has 0 unspecified atom stereocenters. The molecule has 0 aromatic heterocycles. The van der Waals surface area contributed by atoms with Crippen LogP contribution in [-0.2, 0) is 0 Å². The fourth-order valence-corrected chi connectivity index (χ4v) is 0.833. The van der Waals surface area contributed by atoms with Crippen LogP contribution in [0, 0.1) is 0 Å². The predicted octanol–water partition coefficient (Wildman–Crippen LogP) is 1.24. The summed E-state index contributed by atoms with van der Waals surface area (Å²) in [4.78, 5) is 10.5. The van der Waals surface area contributed by atoms with Crippen LogP contribution in [0.2, 0.25) is 0 Å². The molecule has 0 bridgehead atoms. The molecular formula is C7H7NO. The average molecular weight is 121 g/mol.